The number of hydrogen-bond acceptors (Lipinski definition) is 2. The van der Waals surface area contributed by atoms with E-state index in [1.807, 2.05) is 55.5 Å². The molecular formula is C17H20N2O. The molecular weight excluding hydrogens is 248 g/mol. The average Bonchev–Trinajstić information content (AvgIpc) is 2.49. The summed E-state index contributed by atoms with van der Waals surface area (Å²) >= 11 is 0. The van der Waals surface area contributed by atoms with Crippen LogP contribution in [0.2, 0.25) is 0 Å². The molecule has 0 aliphatic heterocycles. The summed E-state index contributed by atoms with van der Waals surface area (Å²) in [6.07, 6.45) is 0.920. The van der Waals surface area contributed by atoms with Gasteiger partial charge in [0.25, 0.3) is 0 Å². The van der Waals surface area contributed by atoms with Crippen molar-refractivity contribution in [2.75, 3.05) is 11.9 Å². The third-order valence-corrected chi connectivity index (χ3v) is 3.14. The van der Waals surface area contributed by atoms with Gasteiger partial charge in [-0.05, 0) is 37.6 Å². The fourth-order valence-electron chi connectivity index (χ4n) is 1.94. The van der Waals surface area contributed by atoms with E-state index >= 15 is 0 Å². The molecule has 1 unspecified atom stereocenters. The lowest BCUT2D eigenvalue weighted by Gasteiger charge is -2.14. The van der Waals surface area contributed by atoms with Crippen LogP contribution in [0.3, 0.4) is 0 Å². The van der Waals surface area contributed by atoms with Crippen LogP contribution in [-0.4, -0.2) is 18.5 Å². The third kappa shape index (κ3) is 4.52. The van der Waals surface area contributed by atoms with Gasteiger partial charge < -0.3 is 10.6 Å². The highest BCUT2D eigenvalue weighted by Crippen LogP contribution is 2.05. The third-order valence-electron chi connectivity index (χ3n) is 3.14. The summed E-state index contributed by atoms with van der Waals surface area (Å²) in [5.74, 6) is -0.00994. The molecule has 0 aliphatic rings. The topological polar surface area (TPSA) is 41.1 Å². The predicted octanol–water partition coefficient (Wildman–Crippen LogP) is 2.85. The van der Waals surface area contributed by atoms with Crippen molar-refractivity contribution in [3.8, 4) is 0 Å². The van der Waals surface area contributed by atoms with Crippen LogP contribution in [0.15, 0.2) is 60.7 Å². The number of nitrogens with one attached hydrogen (secondary N) is 2. The van der Waals surface area contributed by atoms with E-state index in [9.17, 15) is 4.79 Å². The van der Waals surface area contributed by atoms with E-state index in [0.717, 1.165) is 18.7 Å². The molecule has 0 bridgehead atoms. The first-order chi connectivity index (χ1) is 9.75. The van der Waals surface area contributed by atoms with Crippen LogP contribution < -0.4 is 10.6 Å². The molecule has 0 fully saturated rings. The maximum atomic E-state index is 12.0. The molecule has 0 saturated carbocycles. The number of carbonyl (C=O) groups excluding carboxylic acids is 1. The van der Waals surface area contributed by atoms with Crippen LogP contribution in [0.25, 0.3) is 0 Å². The largest absolute Gasteiger partial charge is 0.325 e. The minimum atomic E-state index is -0.209. The van der Waals surface area contributed by atoms with Crippen molar-refractivity contribution in [1.82, 2.24) is 5.32 Å². The van der Waals surface area contributed by atoms with E-state index in [2.05, 4.69) is 22.8 Å². The first-order valence-corrected chi connectivity index (χ1v) is 6.89. The van der Waals surface area contributed by atoms with Crippen molar-refractivity contribution in [3.05, 3.63) is 66.2 Å². The summed E-state index contributed by atoms with van der Waals surface area (Å²) in [5.41, 5.74) is 2.10. The zero-order valence-electron chi connectivity index (χ0n) is 11.7. The Morgan fingerprint density at radius 2 is 1.60 bits per heavy atom. The molecule has 2 rings (SSSR count). The molecule has 0 saturated heterocycles. The van der Waals surface area contributed by atoms with Crippen molar-refractivity contribution in [2.45, 2.75) is 19.4 Å². The molecule has 0 radical (unpaired) electrons. The number of hydrogen-bond donors (Lipinski definition) is 2. The van der Waals surface area contributed by atoms with Gasteiger partial charge in [-0.15, -0.1) is 0 Å². The summed E-state index contributed by atoms with van der Waals surface area (Å²) in [7, 11) is 0. The number of amides is 1. The van der Waals surface area contributed by atoms with Crippen LogP contribution in [0.1, 0.15) is 12.5 Å². The lowest BCUT2D eigenvalue weighted by Crippen LogP contribution is -2.39. The zero-order chi connectivity index (χ0) is 14.2. The van der Waals surface area contributed by atoms with Crippen molar-refractivity contribution >= 4 is 11.6 Å². The van der Waals surface area contributed by atoms with Crippen LogP contribution in [0.4, 0.5) is 5.69 Å². The Morgan fingerprint density at radius 3 is 2.25 bits per heavy atom. The molecule has 0 spiro atoms. The Morgan fingerprint density at radius 1 is 1.00 bits per heavy atom. The van der Waals surface area contributed by atoms with Gasteiger partial charge in [-0.1, -0.05) is 48.5 Å². The van der Waals surface area contributed by atoms with Gasteiger partial charge in [-0.2, -0.15) is 0 Å². The standard InChI is InChI=1S/C17H20N2O/c1-14(17(20)19-16-10-6-3-7-11-16)18-13-12-15-8-4-2-5-9-15/h2-11,14,18H,12-13H2,1H3,(H,19,20). The summed E-state index contributed by atoms with van der Waals surface area (Å²) < 4.78 is 0. The molecule has 2 aromatic carbocycles. The molecule has 104 valence electrons. The van der Waals surface area contributed by atoms with Crippen LogP contribution >= 0.6 is 0 Å². The van der Waals surface area contributed by atoms with Crippen molar-refractivity contribution in [3.63, 3.8) is 0 Å². The van der Waals surface area contributed by atoms with Gasteiger partial charge in [0.05, 0.1) is 6.04 Å². The zero-order valence-corrected chi connectivity index (χ0v) is 11.7. The SMILES string of the molecule is CC(NCCc1ccccc1)C(=O)Nc1ccccc1. The van der Waals surface area contributed by atoms with Gasteiger partial charge in [-0.3, -0.25) is 4.79 Å². The normalized spacial score (nSPS) is 11.8. The van der Waals surface area contributed by atoms with E-state index < -0.39 is 0 Å². The Bertz CT molecular complexity index is 525. The molecule has 3 heteroatoms. The number of rotatable bonds is 6. The number of anilines is 1. The fourth-order valence-corrected chi connectivity index (χ4v) is 1.94. The minimum absolute atomic E-state index is 0.00994. The number of benzene rings is 2. The van der Waals surface area contributed by atoms with E-state index in [1.165, 1.54) is 5.56 Å². The molecule has 0 aliphatic carbocycles. The van der Waals surface area contributed by atoms with E-state index in [0.29, 0.717) is 0 Å². The second-order valence-corrected chi connectivity index (χ2v) is 4.77. The second-order valence-electron chi connectivity index (χ2n) is 4.77. The Kier molecular flexibility index (Phi) is 5.33. The molecule has 3 nitrogen and oxygen atoms in total. The van der Waals surface area contributed by atoms with E-state index in [-0.39, 0.29) is 11.9 Å². The summed E-state index contributed by atoms with van der Waals surface area (Å²) in [6.45, 7) is 2.66. The van der Waals surface area contributed by atoms with E-state index in [4.69, 9.17) is 0 Å². The molecule has 20 heavy (non-hydrogen) atoms. The monoisotopic (exact) mass is 268 g/mol. The maximum Gasteiger partial charge on any atom is 0.241 e. The Hall–Kier alpha value is -2.13. The van der Waals surface area contributed by atoms with Crippen LogP contribution in [0, 0.1) is 0 Å². The molecule has 2 N–H and O–H groups in total. The highest BCUT2D eigenvalue weighted by Gasteiger charge is 2.11. The second kappa shape index (κ2) is 7.46. The molecule has 0 heterocycles. The number of para-hydroxylation sites is 1. The molecule has 0 aromatic heterocycles. The lowest BCUT2D eigenvalue weighted by atomic mass is 10.1. The summed E-state index contributed by atoms with van der Waals surface area (Å²) in [6, 6.07) is 19.5. The summed E-state index contributed by atoms with van der Waals surface area (Å²) in [5, 5.41) is 6.13. The molecule has 1 atom stereocenters. The lowest BCUT2D eigenvalue weighted by molar-refractivity contribution is -0.117. The Balaban J connectivity index is 1.74. The highest BCUT2D eigenvalue weighted by atomic mass is 16.2. The van der Waals surface area contributed by atoms with Gasteiger partial charge in [0.1, 0.15) is 0 Å². The van der Waals surface area contributed by atoms with Gasteiger partial charge in [0.2, 0.25) is 5.91 Å². The van der Waals surface area contributed by atoms with E-state index in [1.54, 1.807) is 0 Å². The smallest absolute Gasteiger partial charge is 0.241 e. The minimum Gasteiger partial charge on any atom is -0.325 e. The van der Waals surface area contributed by atoms with Gasteiger partial charge in [0.15, 0.2) is 0 Å². The first-order valence-electron chi connectivity index (χ1n) is 6.89. The fraction of sp³-hybridized carbons (Fsp3) is 0.235. The number of carbonyl (C=O) groups is 1. The average molecular weight is 268 g/mol. The van der Waals surface area contributed by atoms with Crippen molar-refractivity contribution in [1.29, 1.82) is 0 Å². The first kappa shape index (κ1) is 14.3. The summed E-state index contributed by atoms with van der Waals surface area (Å²) in [4.78, 5) is 12.0. The molecule has 2 aromatic rings. The van der Waals surface area contributed by atoms with Gasteiger partial charge in [0, 0.05) is 5.69 Å². The van der Waals surface area contributed by atoms with Crippen molar-refractivity contribution in [2.24, 2.45) is 0 Å². The van der Waals surface area contributed by atoms with Crippen molar-refractivity contribution < 1.29 is 4.79 Å². The maximum absolute atomic E-state index is 12.0. The quantitative estimate of drug-likeness (QED) is 0.846. The predicted molar refractivity (Wildman–Crippen MR) is 82.7 cm³/mol. The van der Waals surface area contributed by atoms with Gasteiger partial charge >= 0.3 is 0 Å². The van der Waals surface area contributed by atoms with Crippen LogP contribution in [0.5, 0.6) is 0 Å². The van der Waals surface area contributed by atoms with Crippen LogP contribution in [-0.2, 0) is 11.2 Å². The Labute approximate surface area is 120 Å². The molecule has 1 amide bonds. The van der Waals surface area contributed by atoms with Gasteiger partial charge in [-0.25, -0.2) is 0 Å². The highest BCUT2D eigenvalue weighted by molar-refractivity contribution is 5.94.